The van der Waals surface area contributed by atoms with Gasteiger partial charge >= 0.3 is 6.18 Å². The lowest BCUT2D eigenvalue weighted by molar-refractivity contribution is -0.139. The average Bonchev–Trinajstić information content (AvgIpc) is 3.08. The van der Waals surface area contributed by atoms with E-state index >= 15 is 0 Å². The first kappa shape index (κ1) is 17.8. The van der Waals surface area contributed by atoms with Gasteiger partial charge in [-0.05, 0) is 24.6 Å². The molecule has 1 aliphatic heterocycles. The quantitative estimate of drug-likeness (QED) is 0.893. The Kier molecular flexibility index (Phi) is 5.29. The highest BCUT2D eigenvalue weighted by molar-refractivity contribution is 5.40. The number of ether oxygens (including phenoxy) is 2. The molecule has 1 aromatic heterocycles. The lowest BCUT2D eigenvalue weighted by Gasteiger charge is -2.33. The van der Waals surface area contributed by atoms with Crippen LogP contribution in [0.15, 0.2) is 30.6 Å². The highest BCUT2D eigenvalue weighted by Gasteiger charge is 2.35. The molecule has 0 spiro atoms. The van der Waals surface area contributed by atoms with Crippen LogP contribution in [-0.2, 0) is 17.5 Å². The second-order valence-corrected chi connectivity index (χ2v) is 5.82. The number of imidazole rings is 1. The summed E-state index contributed by atoms with van der Waals surface area (Å²) < 4.78 is 50.7. The third-order valence-electron chi connectivity index (χ3n) is 4.06. The van der Waals surface area contributed by atoms with Gasteiger partial charge in [0.25, 0.3) is 0 Å². The maximum atomic E-state index is 13.3. The van der Waals surface area contributed by atoms with Crippen LogP contribution in [0.4, 0.5) is 13.2 Å². The van der Waals surface area contributed by atoms with Crippen molar-refractivity contribution < 1.29 is 22.6 Å². The van der Waals surface area contributed by atoms with Crippen LogP contribution < -0.4 is 4.74 Å². The number of hydrogen-bond acceptors (Lipinski definition) is 4. The molecule has 1 aliphatic rings. The molecule has 136 valence electrons. The van der Waals surface area contributed by atoms with Gasteiger partial charge in [0.2, 0.25) is 0 Å². The van der Waals surface area contributed by atoms with Crippen LogP contribution in [0.3, 0.4) is 0 Å². The summed E-state index contributed by atoms with van der Waals surface area (Å²) in [6.45, 7) is 4.12. The Morgan fingerprint density at radius 2 is 2.24 bits per heavy atom. The fourth-order valence-electron chi connectivity index (χ4n) is 2.89. The summed E-state index contributed by atoms with van der Waals surface area (Å²) in [5.41, 5.74) is -0.265. The summed E-state index contributed by atoms with van der Waals surface area (Å²) in [7, 11) is 0. The molecule has 5 nitrogen and oxygen atoms in total. The number of rotatable bonds is 5. The predicted octanol–water partition coefficient (Wildman–Crippen LogP) is 3.40. The second kappa shape index (κ2) is 7.45. The Labute approximate surface area is 143 Å². The lowest BCUT2D eigenvalue weighted by Crippen LogP contribution is -2.38. The Morgan fingerprint density at radius 3 is 2.92 bits per heavy atom. The summed E-state index contributed by atoms with van der Waals surface area (Å²) in [5, 5.41) is 0. The molecule has 3 rings (SSSR count). The highest BCUT2D eigenvalue weighted by atomic mass is 19.4. The van der Waals surface area contributed by atoms with Gasteiger partial charge in [-0.1, -0.05) is 6.07 Å². The Morgan fingerprint density at radius 1 is 1.40 bits per heavy atom. The first-order chi connectivity index (χ1) is 12.0. The molecule has 2 heterocycles. The summed E-state index contributed by atoms with van der Waals surface area (Å²) in [4.78, 5) is 9.32. The number of alkyl halides is 3. The topological polar surface area (TPSA) is 50.4 Å². The van der Waals surface area contributed by atoms with Crippen molar-refractivity contribution in [1.29, 1.82) is 0 Å². The highest BCUT2D eigenvalue weighted by Crippen LogP contribution is 2.38. The van der Waals surface area contributed by atoms with Gasteiger partial charge in [0.15, 0.2) is 0 Å². The number of aromatic nitrogens is 2. The predicted molar refractivity (Wildman–Crippen MR) is 85.2 cm³/mol. The van der Waals surface area contributed by atoms with Crippen molar-refractivity contribution in [2.75, 3.05) is 26.3 Å². The van der Waals surface area contributed by atoms with Gasteiger partial charge in [-0.25, -0.2) is 4.98 Å². The van der Waals surface area contributed by atoms with Crippen LogP contribution in [0.2, 0.25) is 0 Å². The van der Waals surface area contributed by atoms with Gasteiger partial charge in [0.05, 0.1) is 31.4 Å². The fraction of sp³-hybridized carbons (Fsp3) is 0.471. The Balaban J connectivity index is 1.78. The molecular formula is C17H20F3N3O2. The van der Waals surface area contributed by atoms with E-state index in [2.05, 4.69) is 14.9 Å². The van der Waals surface area contributed by atoms with E-state index in [-0.39, 0.29) is 12.4 Å². The number of hydrogen-bond donors (Lipinski definition) is 1. The smallest absolute Gasteiger partial charge is 0.419 e. The van der Waals surface area contributed by atoms with Gasteiger partial charge in [0, 0.05) is 25.5 Å². The first-order valence-corrected chi connectivity index (χ1v) is 8.13. The van der Waals surface area contributed by atoms with Crippen molar-refractivity contribution in [3.8, 4) is 5.75 Å². The zero-order chi connectivity index (χ0) is 17.9. The summed E-state index contributed by atoms with van der Waals surface area (Å²) >= 11 is 0. The molecule has 0 amide bonds. The molecule has 2 aromatic rings. The van der Waals surface area contributed by atoms with E-state index in [0.29, 0.717) is 31.8 Å². The normalized spacial score (nSPS) is 19.1. The van der Waals surface area contributed by atoms with Crippen molar-refractivity contribution in [3.05, 3.63) is 47.5 Å². The minimum atomic E-state index is -4.47. The van der Waals surface area contributed by atoms with E-state index < -0.39 is 17.8 Å². The molecule has 1 atom stereocenters. The van der Waals surface area contributed by atoms with Crippen LogP contribution >= 0.6 is 0 Å². The molecule has 1 saturated heterocycles. The molecule has 0 saturated carbocycles. The van der Waals surface area contributed by atoms with Crippen molar-refractivity contribution >= 4 is 0 Å². The van der Waals surface area contributed by atoms with E-state index in [1.165, 1.54) is 6.07 Å². The minimum absolute atomic E-state index is 0.151. The molecule has 0 bridgehead atoms. The van der Waals surface area contributed by atoms with Crippen LogP contribution in [-0.4, -0.2) is 41.2 Å². The summed E-state index contributed by atoms with van der Waals surface area (Å²) in [6, 6.07) is 4.14. The van der Waals surface area contributed by atoms with E-state index in [4.69, 9.17) is 9.47 Å². The van der Waals surface area contributed by atoms with Crippen LogP contribution in [0.5, 0.6) is 5.75 Å². The first-order valence-electron chi connectivity index (χ1n) is 8.13. The fourth-order valence-corrected chi connectivity index (χ4v) is 2.89. The third kappa shape index (κ3) is 4.32. The zero-order valence-corrected chi connectivity index (χ0v) is 13.8. The van der Waals surface area contributed by atoms with Crippen molar-refractivity contribution in [2.24, 2.45) is 0 Å². The number of nitrogens with one attached hydrogen (secondary N) is 1. The molecule has 8 heteroatoms. The van der Waals surface area contributed by atoms with Crippen molar-refractivity contribution in [1.82, 2.24) is 14.9 Å². The minimum Gasteiger partial charge on any atom is -0.493 e. The number of halogens is 3. The second-order valence-electron chi connectivity index (χ2n) is 5.82. The van der Waals surface area contributed by atoms with Crippen LogP contribution in [0.25, 0.3) is 0 Å². The summed E-state index contributed by atoms with van der Waals surface area (Å²) in [5.74, 6) is 0.672. The van der Waals surface area contributed by atoms with Crippen molar-refractivity contribution in [2.45, 2.75) is 25.7 Å². The maximum Gasteiger partial charge on any atom is 0.419 e. The Bertz CT molecular complexity index is 689. The standard InChI is InChI=1S/C17H20F3N3O2/c1-2-24-14-4-3-12(9-13(14)17(18,19)20)15-10-23(7-8-25-15)11-16-21-5-6-22-16/h3-6,9,15H,2,7-8,10-11H2,1H3,(H,21,22). The van der Waals surface area contributed by atoms with E-state index in [1.807, 2.05) is 0 Å². The number of morpholine rings is 1. The van der Waals surface area contributed by atoms with E-state index in [1.54, 1.807) is 25.4 Å². The maximum absolute atomic E-state index is 13.3. The molecule has 0 radical (unpaired) electrons. The van der Waals surface area contributed by atoms with Gasteiger partial charge in [-0.3, -0.25) is 4.90 Å². The van der Waals surface area contributed by atoms with E-state index in [0.717, 1.165) is 11.9 Å². The third-order valence-corrected chi connectivity index (χ3v) is 4.06. The summed E-state index contributed by atoms with van der Waals surface area (Å²) in [6.07, 6.45) is -1.46. The molecule has 25 heavy (non-hydrogen) atoms. The molecule has 1 N–H and O–H groups in total. The van der Waals surface area contributed by atoms with Gasteiger partial charge in [-0.15, -0.1) is 0 Å². The average molecular weight is 355 g/mol. The van der Waals surface area contributed by atoms with Crippen LogP contribution in [0.1, 0.15) is 30.0 Å². The largest absolute Gasteiger partial charge is 0.493 e. The SMILES string of the molecule is CCOc1ccc(C2CN(Cc3ncc[nH]3)CCO2)cc1C(F)(F)F. The number of H-pyrrole nitrogens is 1. The number of nitrogens with zero attached hydrogens (tertiary/aromatic N) is 2. The molecule has 1 unspecified atom stereocenters. The van der Waals surface area contributed by atoms with Gasteiger partial charge < -0.3 is 14.5 Å². The zero-order valence-electron chi connectivity index (χ0n) is 13.8. The Hall–Kier alpha value is -2.06. The number of benzene rings is 1. The molecule has 1 aromatic carbocycles. The van der Waals surface area contributed by atoms with Crippen LogP contribution in [0, 0.1) is 0 Å². The monoisotopic (exact) mass is 355 g/mol. The lowest BCUT2D eigenvalue weighted by atomic mass is 10.0. The number of aromatic amines is 1. The molecular weight excluding hydrogens is 335 g/mol. The van der Waals surface area contributed by atoms with E-state index in [9.17, 15) is 13.2 Å². The molecule has 1 fully saturated rings. The van der Waals surface area contributed by atoms with Gasteiger partial charge in [0.1, 0.15) is 11.6 Å². The molecule has 0 aliphatic carbocycles. The van der Waals surface area contributed by atoms with Crippen molar-refractivity contribution in [3.63, 3.8) is 0 Å². The van der Waals surface area contributed by atoms with Gasteiger partial charge in [-0.2, -0.15) is 13.2 Å².